The molecule has 0 radical (unpaired) electrons. The van der Waals surface area contributed by atoms with Gasteiger partial charge in [-0.25, -0.2) is 0 Å². The molecule has 1 amide bonds. The molecule has 1 N–H and O–H groups in total. The van der Waals surface area contributed by atoms with Crippen molar-refractivity contribution in [3.63, 3.8) is 0 Å². The molecule has 0 atom stereocenters. The van der Waals surface area contributed by atoms with E-state index in [0.717, 1.165) is 23.5 Å². The van der Waals surface area contributed by atoms with Crippen LogP contribution in [0.2, 0.25) is 0 Å². The van der Waals surface area contributed by atoms with Crippen molar-refractivity contribution >= 4 is 34.3 Å². The van der Waals surface area contributed by atoms with Crippen molar-refractivity contribution in [3.05, 3.63) is 60.8 Å². The summed E-state index contributed by atoms with van der Waals surface area (Å²) in [5.74, 6) is 0.434. The van der Waals surface area contributed by atoms with Crippen molar-refractivity contribution in [2.75, 3.05) is 11.1 Å². The van der Waals surface area contributed by atoms with E-state index in [9.17, 15) is 4.79 Å². The summed E-state index contributed by atoms with van der Waals surface area (Å²) in [4.78, 5) is 13.3. The maximum absolute atomic E-state index is 12.1. The van der Waals surface area contributed by atoms with Gasteiger partial charge in [-0.05, 0) is 24.6 Å². The molecule has 1 heterocycles. The van der Waals surface area contributed by atoms with Crippen LogP contribution in [0, 0.1) is 0 Å². The molecule has 3 aromatic rings. The Morgan fingerprint density at radius 2 is 1.83 bits per heavy atom. The summed E-state index contributed by atoms with van der Waals surface area (Å²) in [6, 6.07) is 17.9. The number of hydrogen-bond donors (Lipinski definition) is 1. The minimum absolute atomic E-state index is 0.0218. The number of fused-ring (bicyclic) bond motifs is 1. The number of aromatic nitrogens is 1. The molecule has 0 fully saturated rings. The summed E-state index contributed by atoms with van der Waals surface area (Å²) in [6.45, 7) is 3.17. The first-order valence-corrected chi connectivity index (χ1v) is 8.82. The Morgan fingerprint density at radius 3 is 2.61 bits per heavy atom. The van der Waals surface area contributed by atoms with Gasteiger partial charge in [0.2, 0.25) is 5.91 Å². The third-order valence-electron chi connectivity index (χ3n) is 3.63. The summed E-state index contributed by atoms with van der Waals surface area (Å²) in [5, 5.41) is 4.15. The number of hydrogen-bond acceptors (Lipinski definition) is 2. The number of nitrogens with one attached hydrogen (secondary N) is 1. The molecule has 3 nitrogen and oxygen atoms in total. The molecule has 0 aliphatic rings. The number of benzene rings is 2. The van der Waals surface area contributed by atoms with Gasteiger partial charge < -0.3 is 9.88 Å². The number of nitrogens with zero attached hydrogens (tertiary/aromatic N) is 1. The molecule has 0 bridgehead atoms. The average Bonchev–Trinajstić information content (AvgIpc) is 2.93. The average molecular weight is 324 g/mol. The number of thioether (sulfide) groups is 1. The van der Waals surface area contributed by atoms with Crippen LogP contribution in [0.3, 0.4) is 0 Å². The van der Waals surface area contributed by atoms with Gasteiger partial charge in [0, 0.05) is 34.2 Å². The van der Waals surface area contributed by atoms with Gasteiger partial charge in [-0.1, -0.05) is 43.3 Å². The van der Waals surface area contributed by atoms with Gasteiger partial charge in [0.05, 0.1) is 5.75 Å². The molecule has 2 aromatic carbocycles. The number of aryl methyl sites for hydroxylation is 1. The van der Waals surface area contributed by atoms with Gasteiger partial charge in [-0.2, -0.15) is 0 Å². The molecule has 4 heteroatoms. The minimum Gasteiger partial charge on any atom is -0.346 e. The predicted molar refractivity (Wildman–Crippen MR) is 98.0 cm³/mol. The van der Waals surface area contributed by atoms with Crippen LogP contribution in [0.1, 0.15) is 13.3 Å². The highest BCUT2D eigenvalue weighted by molar-refractivity contribution is 8.00. The maximum atomic E-state index is 12.1. The first kappa shape index (κ1) is 15.7. The highest BCUT2D eigenvalue weighted by Gasteiger charge is 2.10. The van der Waals surface area contributed by atoms with Crippen LogP contribution >= 0.6 is 11.8 Å². The van der Waals surface area contributed by atoms with Crippen molar-refractivity contribution < 1.29 is 4.79 Å². The SMILES string of the molecule is CCCn1cc(SCC(=O)Nc2ccccc2)c2ccccc21. The van der Waals surface area contributed by atoms with E-state index in [1.165, 1.54) is 10.9 Å². The Morgan fingerprint density at radius 1 is 1.09 bits per heavy atom. The zero-order chi connectivity index (χ0) is 16.1. The molecule has 0 aliphatic carbocycles. The van der Waals surface area contributed by atoms with Gasteiger partial charge in [0.15, 0.2) is 0 Å². The monoisotopic (exact) mass is 324 g/mol. The molecule has 0 spiro atoms. The summed E-state index contributed by atoms with van der Waals surface area (Å²) in [6.07, 6.45) is 3.26. The van der Waals surface area contributed by atoms with Crippen LogP contribution in [-0.2, 0) is 11.3 Å². The molecule has 23 heavy (non-hydrogen) atoms. The molecule has 3 rings (SSSR count). The van der Waals surface area contributed by atoms with Crippen LogP contribution in [-0.4, -0.2) is 16.2 Å². The highest BCUT2D eigenvalue weighted by Crippen LogP contribution is 2.30. The third kappa shape index (κ3) is 3.77. The topological polar surface area (TPSA) is 34.0 Å². The zero-order valence-electron chi connectivity index (χ0n) is 13.2. The predicted octanol–water partition coefficient (Wildman–Crippen LogP) is 4.78. The Kier molecular flexibility index (Phi) is 5.03. The number of rotatable bonds is 6. The van der Waals surface area contributed by atoms with Crippen LogP contribution in [0.25, 0.3) is 10.9 Å². The Labute approximate surface area is 140 Å². The van der Waals surface area contributed by atoms with Crippen LogP contribution in [0.15, 0.2) is 65.7 Å². The van der Waals surface area contributed by atoms with Gasteiger partial charge in [-0.15, -0.1) is 11.8 Å². The van der Waals surface area contributed by atoms with E-state index in [0.29, 0.717) is 5.75 Å². The first-order valence-electron chi connectivity index (χ1n) is 7.83. The molecular formula is C19H20N2OS. The number of carbonyl (C=O) groups excluding carboxylic acids is 1. The fraction of sp³-hybridized carbons (Fsp3) is 0.211. The van der Waals surface area contributed by atoms with Crippen molar-refractivity contribution in [1.29, 1.82) is 0 Å². The van der Waals surface area contributed by atoms with Crippen molar-refractivity contribution in [1.82, 2.24) is 4.57 Å². The maximum Gasteiger partial charge on any atom is 0.234 e. The van der Waals surface area contributed by atoms with E-state index in [-0.39, 0.29) is 5.91 Å². The molecule has 0 aliphatic heterocycles. The second kappa shape index (κ2) is 7.38. The number of carbonyl (C=O) groups is 1. The molecule has 118 valence electrons. The third-order valence-corrected chi connectivity index (χ3v) is 4.68. The van der Waals surface area contributed by atoms with E-state index in [2.05, 4.69) is 41.2 Å². The van der Waals surface area contributed by atoms with Crippen LogP contribution in [0.4, 0.5) is 5.69 Å². The fourth-order valence-electron chi connectivity index (χ4n) is 2.62. The lowest BCUT2D eigenvalue weighted by Gasteiger charge is -2.04. The summed E-state index contributed by atoms with van der Waals surface area (Å²) in [5.41, 5.74) is 2.08. The normalized spacial score (nSPS) is 10.8. The number of amides is 1. The highest BCUT2D eigenvalue weighted by atomic mass is 32.2. The second-order valence-electron chi connectivity index (χ2n) is 5.41. The van der Waals surface area contributed by atoms with E-state index in [4.69, 9.17) is 0 Å². The molecular weight excluding hydrogens is 304 g/mol. The number of anilines is 1. The first-order chi connectivity index (χ1) is 11.3. The standard InChI is InChI=1S/C19H20N2OS/c1-2-12-21-13-18(16-10-6-7-11-17(16)21)23-14-19(22)20-15-8-4-3-5-9-15/h3-11,13H,2,12,14H2,1H3,(H,20,22). The lowest BCUT2D eigenvalue weighted by atomic mass is 10.2. The summed E-state index contributed by atoms with van der Waals surface area (Å²) >= 11 is 1.59. The van der Waals surface area contributed by atoms with Gasteiger partial charge in [0.1, 0.15) is 0 Å². The molecule has 0 unspecified atom stereocenters. The number of para-hydroxylation sites is 2. The van der Waals surface area contributed by atoms with E-state index >= 15 is 0 Å². The molecule has 0 saturated carbocycles. The zero-order valence-corrected chi connectivity index (χ0v) is 14.0. The molecule has 1 aromatic heterocycles. The lowest BCUT2D eigenvalue weighted by Crippen LogP contribution is -2.13. The second-order valence-corrected chi connectivity index (χ2v) is 6.42. The van der Waals surface area contributed by atoms with Gasteiger partial charge in [-0.3, -0.25) is 4.79 Å². The van der Waals surface area contributed by atoms with E-state index in [1.54, 1.807) is 11.8 Å². The Balaban J connectivity index is 1.70. The van der Waals surface area contributed by atoms with Gasteiger partial charge >= 0.3 is 0 Å². The lowest BCUT2D eigenvalue weighted by molar-refractivity contribution is -0.113. The summed E-state index contributed by atoms with van der Waals surface area (Å²) in [7, 11) is 0. The van der Waals surface area contributed by atoms with Crippen molar-refractivity contribution in [3.8, 4) is 0 Å². The van der Waals surface area contributed by atoms with Crippen molar-refractivity contribution in [2.45, 2.75) is 24.8 Å². The van der Waals surface area contributed by atoms with Gasteiger partial charge in [0.25, 0.3) is 0 Å². The largest absolute Gasteiger partial charge is 0.346 e. The van der Waals surface area contributed by atoms with E-state index in [1.807, 2.05) is 36.4 Å². The van der Waals surface area contributed by atoms with Crippen LogP contribution < -0.4 is 5.32 Å². The molecule has 0 saturated heterocycles. The van der Waals surface area contributed by atoms with Crippen molar-refractivity contribution in [2.24, 2.45) is 0 Å². The summed E-state index contributed by atoms with van der Waals surface area (Å²) < 4.78 is 2.27. The minimum atomic E-state index is 0.0218. The van der Waals surface area contributed by atoms with Crippen LogP contribution in [0.5, 0.6) is 0 Å². The fourth-order valence-corrected chi connectivity index (χ4v) is 3.50. The van der Waals surface area contributed by atoms with E-state index < -0.39 is 0 Å². The smallest absolute Gasteiger partial charge is 0.234 e. The Hall–Kier alpha value is -2.20. The quantitative estimate of drug-likeness (QED) is 0.662. The Bertz CT molecular complexity index is 795.